The molecular formula is C18H27NO. The first kappa shape index (κ1) is 13.9. The molecule has 0 aromatic heterocycles. The molecular weight excluding hydrogens is 246 g/mol. The van der Waals surface area contributed by atoms with E-state index in [1.54, 1.807) is 0 Å². The monoisotopic (exact) mass is 273 g/mol. The Bertz CT molecular complexity index is 437. The molecule has 0 heterocycles. The minimum Gasteiger partial charge on any atom is -0.490 e. The Morgan fingerprint density at radius 1 is 1.10 bits per heavy atom. The van der Waals surface area contributed by atoms with Crippen LogP contribution in [0.2, 0.25) is 0 Å². The van der Waals surface area contributed by atoms with Crippen LogP contribution < -0.4 is 10.1 Å². The number of nitrogens with one attached hydrogen (secondary N) is 1. The molecule has 110 valence electrons. The van der Waals surface area contributed by atoms with Gasteiger partial charge < -0.3 is 10.1 Å². The molecule has 1 aromatic rings. The Morgan fingerprint density at radius 2 is 1.95 bits per heavy atom. The molecule has 2 aliphatic carbocycles. The molecule has 1 saturated carbocycles. The van der Waals surface area contributed by atoms with Crippen molar-refractivity contribution in [3.8, 4) is 5.75 Å². The SMILES string of the molecule is CCNC1CCCc2cc(OC3CCCCC3)ccc21. The summed E-state index contributed by atoms with van der Waals surface area (Å²) in [4.78, 5) is 0. The lowest BCUT2D eigenvalue weighted by molar-refractivity contribution is 0.155. The van der Waals surface area contributed by atoms with Gasteiger partial charge in [0.15, 0.2) is 0 Å². The van der Waals surface area contributed by atoms with Crippen LogP contribution in [0.3, 0.4) is 0 Å². The Morgan fingerprint density at radius 3 is 2.75 bits per heavy atom. The van der Waals surface area contributed by atoms with Gasteiger partial charge in [0.2, 0.25) is 0 Å². The van der Waals surface area contributed by atoms with Crippen molar-refractivity contribution in [2.75, 3.05) is 6.54 Å². The predicted octanol–water partition coefficient (Wildman–Crippen LogP) is 4.39. The normalized spacial score (nSPS) is 23.4. The molecule has 0 amide bonds. The summed E-state index contributed by atoms with van der Waals surface area (Å²) in [5.41, 5.74) is 2.99. The third-order valence-corrected chi connectivity index (χ3v) is 4.73. The van der Waals surface area contributed by atoms with Gasteiger partial charge in [0.25, 0.3) is 0 Å². The van der Waals surface area contributed by atoms with E-state index in [0.29, 0.717) is 12.1 Å². The quantitative estimate of drug-likeness (QED) is 0.878. The van der Waals surface area contributed by atoms with E-state index in [1.165, 1.54) is 62.5 Å². The second-order valence-electron chi connectivity index (χ2n) is 6.24. The summed E-state index contributed by atoms with van der Waals surface area (Å²) in [5, 5.41) is 3.60. The molecule has 1 aromatic carbocycles. The number of benzene rings is 1. The maximum absolute atomic E-state index is 6.20. The Balaban J connectivity index is 1.71. The summed E-state index contributed by atoms with van der Waals surface area (Å²) in [7, 11) is 0. The summed E-state index contributed by atoms with van der Waals surface area (Å²) in [6, 6.07) is 7.32. The zero-order valence-electron chi connectivity index (χ0n) is 12.7. The van der Waals surface area contributed by atoms with Gasteiger partial charge in [-0.3, -0.25) is 0 Å². The second kappa shape index (κ2) is 6.62. The zero-order valence-corrected chi connectivity index (χ0v) is 12.7. The number of rotatable bonds is 4. The highest BCUT2D eigenvalue weighted by Crippen LogP contribution is 2.33. The van der Waals surface area contributed by atoms with Crippen LogP contribution in [0, 0.1) is 0 Å². The van der Waals surface area contributed by atoms with Crippen molar-refractivity contribution in [3.05, 3.63) is 29.3 Å². The minimum absolute atomic E-state index is 0.454. The molecule has 20 heavy (non-hydrogen) atoms. The molecule has 2 heteroatoms. The van der Waals surface area contributed by atoms with E-state index in [2.05, 4.69) is 30.4 Å². The van der Waals surface area contributed by atoms with E-state index < -0.39 is 0 Å². The van der Waals surface area contributed by atoms with Gasteiger partial charge in [0.1, 0.15) is 5.75 Å². The van der Waals surface area contributed by atoms with Gasteiger partial charge in [-0.1, -0.05) is 19.4 Å². The van der Waals surface area contributed by atoms with Crippen LogP contribution in [0.25, 0.3) is 0 Å². The molecule has 1 fully saturated rings. The van der Waals surface area contributed by atoms with Crippen LogP contribution in [-0.4, -0.2) is 12.6 Å². The van der Waals surface area contributed by atoms with Gasteiger partial charge in [0, 0.05) is 6.04 Å². The van der Waals surface area contributed by atoms with Crippen molar-refractivity contribution in [1.82, 2.24) is 5.32 Å². The van der Waals surface area contributed by atoms with Crippen LogP contribution in [0.4, 0.5) is 0 Å². The van der Waals surface area contributed by atoms with E-state index in [4.69, 9.17) is 4.74 Å². The molecule has 1 atom stereocenters. The fourth-order valence-corrected chi connectivity index (χ4v) is 3.70. The molecule has 2 nitrogen and oxygen atoms in total. The van der Waals surface area contributed by atoms with Gasteiger partial charge in [-0.15, -0.1) is 0 Å². The fraction of sp³-hybridized carbons (Fsp3) is 0.667. The molecule has 1 unspecified atom stereocenters. The van der Waals surface area contributed by atoms with Crippen molar-refractivity contribution in [3.63, 3.8) is 0 Å². The first-order valence-corrected chi connectivity index (χ1v) is 8.39. The summed E-state index contributed by atoms with van der Waals surface area (Å²) in [5.74, 6) is 1.09. The summed E-state index contributed by atoms with van der Waals surface area (Å²) >= 11 is 0. The number of ether oxygens (including phenoxy) is 1. The highest BCUT2D eigenvalue weighted by atomic mass is 16.5. The van der Waals surface area contributed by atoms with E-state index in [1.807, 2.05) is 0 Å². The van der Waals surface area contributed by atoms with Crippen LogP contribution in [0.15, 0.2) is 18.2 Å². The molecule has 0 spiro atoms. The van der Waals surface area contributed by atoms with Crippen molar-refractivity contribution in [2.24, 2.45) is 0 Å². The largest absolute Gasteiger partial charge is 0.490 e. The fourth-order valence-electron chi connectivity index (χ4n) is 3.70. The number of hydrogen-bond donors (Lipinski definition) is 1. The molecule has 0 aliphatic heterocycles. The second-order valence-corrected chi connectivity index (χ2v) is 6.24. The molecule has 0 bridgehead atoms. The number of aryl methyl sites for hydroxylation is 1. The first-order valence-electron chi connectivity index (χ1n) is 8.39. The van der Waals surface area contributed by atoms with Gasteiger partial charge >= 0.3 is 0 Å². The lowest BCUT2D eigenvalue weighted by atomic mass is 9.87. The molecule has 1 N–H and O–H groups in total. The smallest absolute Gasteiger partial charge is 0.120 e. The zero-order chi connectivity index (χ0) is 13.8. The van der Waals surface area contributed by atoms with Crippen LogP contribution in [0.5, 0.6) is 5.75 Å². The Hall–Kier alpha value is -1.02. The molecule has 0 radical (unpaired) electrons. The third kappa shape index (κ3) is 3.17. The summed E-state index contributed by atoms with van der Waals surface area (Å²) in [6.45, 7) is 3.24. The number of hydrogen-bond acceptors (Lipinski definition) is 2. The maximum Gasteiger partial charge on any atom is 0.120 e. The van der Waals surface area contributed by atoms with Crippen molar-refractivity contribution in [1.29, 1.82) is 0 Å². The van der Waals surface area contributed by atoms with Gasteiger partial charge in [-0.25, -0.2) is 0 Å². The highest BCUT2D eigenvalue weighted by molar-refractivity contribution is 5.39. The van der Waals surface area contributed by atoms with Gasteiger partial charge in [0.05, 0.1) is 6.10 Å². The maximum atomic E-state index is 6.20. The molecule has 2 aliphatic rings. The van der Waals surface area contributed by atoms with Crippen LogP contribution in [0.1, 0.15) is 69.0 Å². The predicted molar refractivity (Wildman–Crippen MR) is 83.3 cm³/mol. The first-order chi connectivity index (χ1) is 9.86. The Labute approximate surface area is 122 Å². The number of fused-ring (bicyclic) bond motifs is 1. The van der Waals surface area contributed by atoms with Crippen LogP contribution in [-0.2, 0) is 6.42 Å². The van der Waals surface area contributed by atoms with Gasteiger partial charge in [-0.2, -0.15) is 0 Å². The van der Waals surface area contributed by atoms with E-state index >= 15 is 0 Å². The lowest BCUT2D eigenvalue weighted by Gasteiger charge is -2.28. The summed E-state index contributed by atoms with van der Waals surface area (Å²) < 4.78 is 6.20. The van der Waals surface area contributed by atoms with Crippen molar-refractivity contribution in [2.45, 2.75) is 70.4 Å². The molecule has 3 rings (SSSR count). The minimum atomic E-state index is 0.454. The lowest BCUT2D eigenvalue weighted by Crippen LogP contribution is -2.25. The summed E-state index contributed by atoms with van der Waals surface area (Å²) in [6.07, 6.45) is 10.7. The average Bonchev–Trinajstić information content (AvgIpc) is 2.49. The van der Waals surface area contributed by atoms with Gasteiger partial charge in [-0.05, 0) is 74.8 Å². The highest BCUT2D eigenvalue weighted by Gasteiger charge is 2.21. The molecule has 0 saturated heterocycles. The average molecular weight is 273 g/mol. The van der Waals surface area contributed by atoms with Crippen molar-refractivity contribution >= 4 is 0 Å². The Kier molecular flexibility index (Phi) is 4.62. The standard InChI is InChI=1S/C18H27NO/c1-2-19-18-10-6-7-14-13-16(11-12-17(14)18)20-15-8-4-3-5-9-15/h11-13,15,18-19H,2-10H2,1H3. The van der Waals surface area contributed by atoms with E-state index in [-0.39, 0.29) is 0 Å². The van der Waals surface area contributed by atoms with E-state index in [9.17, 15) is 0 Å². The van der Waals surface area contributed by atoms with Crippen molar-refractivity contribution < 1.29 is 4.74 Å². The third-order valence-electron chi connectivity index (χ3n) is 4.73. The van der Waals surface area contributed by atoms with E-state index in [0.717, 1.165) is 12.3 Å². The van der Waals surface area contributed by atoms with Crippen LogP contribution >= 0.6 is 0 Å². The topological polar surface area (TPSA) is 21.3 Å².